The maximum atomic E-state index is 10.2. The van der Waals surface area contributed by atoms with Gasteiger partial charge in [0.1, 0.15) is 0 Å². The SMILES string of the molecule is CO[C@@H]1C[C@H](O)[C@H](SCc2ccccc2)[C@@H](CO)O1. The molecule has 2 rings (SSSR count). The average Bonchev–Trinajstić information content (AvgIpc) is 2.46. The molecule has 0 aliphatic carbocycles. The van der Waals surface area contributed by atoms with Crippen molar-refractivity contribution in [2.24, 2.45) is 0 Å². The van der Waals surface area contributed by atoms with Crippen LogP contribution in [-0.4, -0.2) is 47.7 Å². The second-order valence-corrected chi connectivity index (χ2v) is 5.75. The first-order valence-corrected chi connectivity index (χ1v) is 7.42. The zero-order valence-electron chi connectivity index (χ0n) is 10.9. The standard InChI is InChI=1S/C14H20O4S/c1-17-13-7-11(16)14(12(8-15)18-13)19-9-10-5-3-2-4-6-10/h2-6,11-16H,7-9H2,1H3/t11-,12+,13-,14-/m0/s1. The molecule has 4 nitrogen and oxygen atoms in total. The normalized spacial score (nSPS) is 31.3. The topological polar surface area (TPSA) is 58.9 Å². The largest absolute Gasteiger partial charge is 0.394 e. The van der Waals surface area contributed by atoms with Gasteiger partial charge in [-0.3, -0.25) is 0 Å². The van der Waals surface area contributed by atoms with Gasteiger partial charge in [-0.25, -0.2) is 0 Å². The Balaban J connectivity index is 1.94. The third-order valence-electron chi connectivity index (χ3n) is 3.23. The molecule has 0 radical (unpaired) electrons. The number of benzene rings is 1. The van der Waals surface area contributed by atoms with Gasteiger partial charge >= 0.3 is 0 Å². The summed E-state index contributed by atoms with van der Waals surface area (Å²) in [6.07, 6.45) is -0.896. The van der Waals surface area contributed by atoms with Crippen LogP contribution in [-0.2, 0) is 15.2 Å². The van der Waals surface area contributed by atoms with Gasteiger partial charge in [-0.2, -0.15) is 0 Å². The monoisotopic (exact) mass is 284 g/mol. The van der Waals surface area contributed by atoms with Crippen molar-refractivity contribution in [3.8, 4) is 0 Å². The number of rotatable bonds is 5. The van der Waals surface area contributed by atoms with E-state index in [1.54, 1.807) is 18.9 Å². The van der Waals surface area contributed by atoms with Crippen LogP contribution in [0, 0.1) is 0 Å². The Hall–Kier alpha value is -0.590. The molecule has 1 saturated heterocycles. The van der Waals surface area contributed by atoms with E-state index in [1.807, 2.05) is 18.2 Å². The van der Waals surface area contributed by atoms with E-state index in [0.717, 1.165) is 5.75 Å². The first-order valence-electron chi connectivity index (χ1n) is 6.37. The fourth-order valence-corrected chi connectivity index (χ4v) is 3.47. The van der Waals surface area contributed by atoms with Crippen LogP contribution < -0.4 is 0 Å². The molecule has 1 aromatic carbocycles. The van der Waals surface area contributed by atoms with Crippen molar-refractivity contribution in [3.05, 3.63) is 35.9 Å². The highest BCUT2D eigenvalue weighted by Gasteiger charge is 2.37. The minimum Gasteiger partial charge on any atom is -0.394 e. The van der Waals surface area contributed by atoms with Crippen LogP contribution in [0.1, 0.15) is 12.0 Å². The molecule has 1 aliphatic rings. The summed E-state index contributed by atoms with van der Waals surface area (Å²) in [7, 11) is 1.54. The lowest BCUT2D eigenvalue weighted by Crippen LogP contribution is -2.48. The summed E-state index contributed by atoms with van der Waals surface area (Å²) < 4.78 is 10.7. The van der Waals surface area contributed by atoms with Gasteiger partial charge in [0, 0.05) is 19.3 Å². The molecule has 1 aromatic rings. The Bertz CT molecular complexity index is 373. The van der Waals surface area contributed by atoms with E-state index in [-0.39, 0.29) is 18.0 Å². The van der Waals surface area contributed by atoms with E-state index in [9.17, 15) is 10.2 Å². The minimum absolute atomic E-state index is 0.108. The van der Waals surface area contributed by atoms with Crippen LogP contribution in [0.3, 0.4) is 0 Å². The Morgan fingerprint density at radius 2 is 2.11 bits per heavy atom. The van der Waals surface area contributed by atoms with Crippen molar-refractivity contribution in [3.63, 3.8) is 0 Å². The second kappa shape index (κ2) is 7.26. The average molecular weight is 284 g/mol. The highest BCUT2D eigenvalue weighted by atomic mass is 32.2. The molecule has 0 aromatic heterocycles. The van der Waals surface area contributed by atoms with Crippen molar-refractivity contribution >= 4 is 11.8 Å². The van der Waals surface area contributed by atoms with Gasteiger partial charge in [-0.1, -0.05) is 30.3 Å². The Morgan fingerprint density at radius 1 is 1.37 bits per heavy atom. The summed E-state index contributed by atoms with van der Waals surface area (Å²) in [6, 6.07) is 10.1. The lowest BCUT2D eigenvalue weighted by Gasteiger charge is -2.38. The molecule has 1 fully saturated rings. The van der Waals surface area contributed by atoms with E-state index in [0.29, 0.717) is 6.42 Å². The van der Waals surface area contributed by atoms with Gasteiger partial charge in [-0.15, -0.1) is 11.8 Å². The molecule has 0 spiro atoms. The molecule has 0 saturated carbocycles. The fourth-order valence-electron chi connectivity index (χ4n) is 2.19. The van der Waals surface area contributed by atoms with Crippen LogP contribution in [0.5, 0.6) is 0 Å². The molecule has 5 heteroatoms. The van der Waals surface area contributed by atoms with Crippen LogP contribution in [0.2, 0.25) is 0 Å². The highest BCUT2D eigenvalue weighted by Crippen LogP contribution is 2.31. The number of aliphatic hydroxyl groups excluding tert-OH is 2. The lowest BCUT2D eigenvalue weighted by molar-refractivity contribution is -0.207. The minimum atomic E-state index is -0.524. The van der Waals surface area contributed by atoms with E-state index >= 15 is 0 Å². The van der Waals surface area contributed by atoms with Crippen molar-refractivity contribution < 1.29 is 19.7 Å². The van der Waals surface area contributed by atoms with Crippen LogP contribution >= 0.6 is 11.8 Å². The summed E-state index contributed by atoms with van der Waals surface area (Å²) in [6.45, 7) is -0.108. The van der Waals surface area contributed by atoms with Crippen molar-refractivity contribution in [1.29, 1.82) is 0 Å². The number of hydrogen-bond donors (Lipinski definition) is 2. The molecule has 0 bridgehead atoms. The van der Waals surface area contributed by atoms with E-state index in [1.165, 1.54) is 5.56 Å². The number of methoxy groups -OCH3 is 1. The summed E-state index contributed by atoms with van der Waals surface area (Å²) >= 11 is 1.61. The highest BCUT2D eigenvalue weighted by molar-refractivity contribution is 7.99. The third kappa shape index (κ3) is 3.94. The predicted octanol–water partition coefficient (Wildman–Crippen LogP) is 1.40. The Kier molecular flexibility index (Phi) is 5.66. The number of aliphatic hydroxyl groups is 2. The maximum Gasteiger partial charge on any atom is 0.160 e. The molecular formula is C14H20O4S. The summed E-state index contributed by atoms with van der Waals surface area (Å²) in [5.74, 6) is 0.792. The van der Waals surface area contributed by atoms with Gasteiger partial charge < -0.3 is 19.7 Å². The molecule has 1 heterocycles. The van der Waals surface area contributed by atoms with Crippen molar-refractivity contribution in [1.82, 2.24) is 0 Å². The fraction of sp³-hybridized carbons (Fsp3) is 0.571. The number of ether oxygens (including phenoxy) is 2. The summed E-state index contributed by atoms with van der Waals surface area (Å²) in [4.78, 5) is 0. The molecule has 1 aliphatic heterocycles. The first-order chi connectivity index (χ1) is 9.24. The Morgan fingerprint density at radius 3 is 2.74 bits per heavy atom. The van der Waals surface area contributed by atoms with Gasteiger partial charge in [0.2, 0.25) is 0 Å². The van der Waals surface area contributed by atoms with E-state index in [4.69, 9.17) is 9.47 Å². The quantitative estimate of drug-likeness (QED) is 0.856. The molecular weight excluding hydrogens is 264 g/mol. The van der Waals surface area contributed by atoms with Crippen LogP contribution in [0.25, 0.3) is 0 Å². The third-order valence-corrected chi connectivity index (χ3v) is 4.74. The number of thioether (sulfide) groups is 1. The van der Waals surface area contributed by atoms with Gasteiger partial charge in [0.25, 0.3) is 0 Å². The van der Waals surface area contributed by atoms with Gasteiger partial charge in [-0.05, 0) is 5.56 Å². The molecule has 19 heavy (non-hydrogen) atoms. The van der Waals surface area contributed by atoms with Crippen molar-refractivity contribution in [2.75, 3.05) is 13.7 Å². The maximum absolute atomic E-state index is 10.2. The summed E-state index contributed by atoms with van der Waals surface area (Å²) in [5.41, 5.74) is 1.20. The predicted molar refractivity (Wildman–Crippen MR) is 74.9 cm³/mol. The van der Waals surface area contributed by atoms with Gasteiger partial charge in [0.15, 0.2) is 6.29 Å². The summed E-state index contributed by atoms with van der Waals surface area (Å²) in [5, 5.41) is 19.4. The molecule has 0 amide bonds. The zero-order valence-corrected chi connectivity index (χ0v) is 11.8. The lowest BCUT2D eigenvalue weighted by atomic mass is 10.1. The van der Waals surface area contributed by atoms with E-state index in [2.05, 4.69) is 12.1 Å². The number of hydrogen-bond acceptors (Lipinski definition) is 5. The van der Waals surface area contributed by atoms with Crippen molar-refractivity contribution in [2.45, 2.75) is 35.9 Å². The molecule has 2 N–H and O–H groups in total. The van der Waals surface area contributed by atoms with E-state index < -0.39 is 12.4 Å². The molecule has 106 valence electrons. The Labute approximate surface area is 117 Å². The first kappa shape index (κ1) is 14.8. The zero-order chi connectivity index (χ0) is 13.7. The van der Waals surface area contributed by atoms with Crippen LogP contribution in [0.15, 0.2) is 30.3 Å². The van der Waals surface area contributed by atoms with Crippen LogP contribution in [0.4, 0.5) is 0 Å². The molecule has 0 unspecified atom stereocenters. The smallest absolute Gasteiger partial charge is 0.160 e. The van der Waals surface area contributed by atoms with Gasteiger partial charge in [0.05, 0.1) is 24.1 Å². The second-order valence-electron chi connectivity index (χ2n) is 4.59. The molecule has 4 atom stereocenters.